The molecule has 0 aliphatic heterocycles. The Morgan fingerprint density at radius 3 is 2.74 bits per heavy atom. The maximum absolute atomic E-state index is 12.1. The number of aromatic nitrogens is 2. The maximum atomic E-state index is 12.1. The normalized spacial score (nSPS) is 11.6. The zero-order valence-corrected chi connectivity index (χ0v) is 13.2. The lowest BCUT2D eigenvalue weighted by molar-refractivity contribution is 0.144. The monoisotopic (exact) mass is 316 g/mol. The van der Waals surface area contributed by atoms with Crippen molar-refractivity contribution in [2.45, 2.75) is 13.0 Å². The first-order chi connectivity index (χ1) is 11.2. The van der Waals surface area contributed by atoms with E-state index in [0.717, 1.165) is 5.56 Å². The standard InChI is InChI=1S/C16H20N4O3/c1-12(13-5-8-17-9-6-13)19-16(21)20-14-4-3-7-18-15(14)23-11-10-22-2/h3-9,12H,10-11H2,1-2H3,(H2,19,20,21)/t12-/m0/s1. The van der Waals surface area contributed by atoms with E-state index >= 15 is 0 Å². The molecule has 0 aliphatic carbocycles. The van der Waals surface area contributed by atoms with Gasteiger partial charge < -0.3 is 20.1 Å². The van der Waals surface area contributed by atoms with Crippen molar-refractivity contribution in [3.05, 3.63) is 48.4 Å². The Balaban J connectivity index is 1.95. The van der Waals surface area contributed by atoms with Gasteiger partial charge in [0.1, 0.15) is 12.3 Å². The largest absolute Gasteiger partial charge is 0.474 e. The number of methoxy groups -OCH3 is 1. The molecule has 0 saturated carbocycles. The number of hydrogen-bond acceptors (Lipinski definition) is 5. The summed E-state index contributed by atoms with van der Waals surface area (Å²) in [6, 6.07) is 6.69. The topological polar surface area (TPSA) is 85.4 Å². The van der Waals surface area contributed by atoms with Crippen molar-refractivity contribution in [2.75, 3.05) is 25.6 Å². The van der Waals surface area contributed by atoms with Gasteiger partial charge in [-0.15, -0.1) is 0 Å². The van der Waals surface area contributed by atoms with Gasteiger partial charge in [-0.2, -0.15) is 0 Å². The number of ether oxygens (including phenoxy) is 2. The van der Waals surface area contributed by atoms with E-state index in [2.05, 4.69) is 20.6 Å². The molecule has 0 radical (unpaired) electrons. The maximum Gasteiger partial charge on any atom is 0.319 e. The van der Waals surface area contributed by atoms with Gasteiger partial charge in [0, 0.05) is 25.7 Å². The summed E-state index contributed by atoms with van der Waals surface area (Å²) in [6.45, 7) is 2.70. The van der Waals surface area contributed by atoms with E-state index in [1.165, 1.54) is 0 Å². The van der Waals surface area contributed by atoms with Crippen molar-refractivity contribution in [2.24, 2.45) is 0 Å². The molecule has 0 saturated heterocycles. The average molecular weight is 316 g/mol. The van der Waals surface area contributed by atoms with Crippen molar-refractivity contribution >= 4 is 11.7 Å². The number of hydrogen-bond donors (Lipinski definition) is 2. The molecule has 2 aromatic heterocycles. The number of carbonyl (C=O) groups is 1. The number of amides is 2. The van der Waals surface area contributed by atoms with E-state index in [9.17, 15) is 4.79 Å². The number of pyridine rings is 2. The van der Waals surface area contributed by atoms with Gasteiger partial charge >= 0.3 is 6.03 Å². The third kappa shape index (κ3) is 5.23. The molecule has 0 spiro atoms. The first-order valence-corrected chi connectivity index (χ1v) is 7.25. The molecule has 0 fully saturated rings. The second kappa shape index (κ2) is 8.70. The molecule has 2 N–H and O–H groups in total. The highest BCUT2D eigenvalue weighted by Crippen LogP contribution is 2.20. The van der Waals surface area contributed by atoms with Crippen LogP contribution in [0, 0.1) is 0 Å². The first-order valence-electron chi connectivity index (χ1n) is 7.25. The Kier molecular flexibility index (Phi) is 6.31. The van der Waals surface area contributed by atoms with Gasteiger partial charge in [0.2, 0.25) is 5.88 Å². The Morgan fingerprint density at radius 2 is 2.00 bits per heavy atom. The van der Waals surface area contributed by atoms with Crippen LogP contribution in [0.2, 0.25) is 0 Å². The molecule has 7 nitrogen and oxygen atoms in total. The minimum absolute atomic E-state index is 0.146. The lowest BCUT2D eigenvalue weighted by Gasteiger charge is -2.16. The highest BCUT2D eigenvalue weighted by molar-refractivity contribution is 5.90. The zero-order valence-electron chi connectivity index (χ0n) is 13.2. The van der Waals surface area contributed by atoms with Gasteiger partial charge in [-0.1, -0.05) is 0 Å². The van der Waals surface area contributed by atoms with Crippen LogP contribution in [0.4, 0.5) is 10.5 Å². The third-order valence-electron chi connectivity index (χ3n) is 3.10. The minimum atomic E-state index is -0.334. The molecule has 2 rings (SSSR count). The smallest absolute Gasteiger partial charge is 0.319 e. The number of nitrogens with zero attached hydrogens (tertiary/aromatic N) is 2. The Bertz CT molecular complexity index is 622. The van der Waals surface area contributed by atoms with Gasteiger partial charge in [-0.25, -0.2) is 9.78 Å². The summed E-state index contributed by atoms with van der Waals surface area (Å²) in [5, 5.41) is 5.60. The lowest BCUT2D eigenvalue weighted by atomic mass is 10.1. The van der Waals surface area contributed by atoms with Crippen LogP contribution in [0.5, 0.6) is 5.88 Å². The lowest BCUT2D eigenvalue weighted by Crippen LogP contribution is -2.31. The van der Waals surface area contributed by atoms with E-state index < -0.39 is 0 Å². The van der Waals surface area contributed by atoms with Gasteiger partial charge in [-0.3, -0.25) is 4.98 Å². The summed E-state index contributed by atoms with van der Waals surface area (Å²) in [4.78, 5) is 20.2. The van der Waals surface area contributed by atoms with Crippen LogP contribution < -0.4 is 15.4 Å². The highest BCUT2D eigenvalue weighted by atomic mass is 16.5. The molecule has 0 aliphatic rings. The van der Waals surface area contributed by atoms with Crippen molar-refractivity contribution < 1.29 is 14.3 Å². The predicted molar refractivity (Wildman–Crippen MR) is 86.4 cm³/mol. The molecule has 0 aromatic carbocycles. The first kappa shape index (κ1) is 16.7. The van der Waals surface area contributed by atoms with Gasteiger partial charge in [0.25, 0.3) is 0 Å². The molecule has 122 valence electrons. The Hall–Kier alpha value is -2.67. The molecule has 2 amide bonds. The minimum Gasteiger partial charge on any atom is -0.474 e. The summed E-state index contributed by atoms with van der Waals surface area (Å²) < 4.78 is 10.4. The van der Waals surface area contributed by atoms with Crippen LogP contribution in [-0.2, 0) is 4.74 Å². The molecule has 0 unspecified atom stereocenters. The SMILES string of the molecule is COCCOc1ncccc1NC(=O)N[C@@H](C)c1ccncc1. The van der Waals surface area contributed by atoms with Crippen LogP contribution in [0.3, 0.4) is 0 Å². The number of urea groups is 1. The second-order valence-corrected chi connectivity index (χ2v) is 4.80. The molecule has 23 heavy (non-hydrogen) atoms. The summed E-state index contributed by atoms with van der Waals surface area (Å²) in [5.41, 5.74) is 1.47. The second-order valence-electron chi connectivity index (χ2n) is 4.80. The van der Waals surface area contributed by atoms with E-state index in [-0.39, 0.29) is 12.1 Å². The number of rotatable bonds is 7. The fourth-order valence-electron chi connectivity index (χ4n) is 1.91. The zero-order chi connectivity index (χ0) is 16.5. The van der Waals surface area contributed by atoms with Crippen molar-refractivity contribution in [3.63, 3.8) is 0 Å². The van der Waals surface area contributed by atoms with Crippen LogP contribution >= 0.6 is 0 Å². The quantitative estimate of drug-likeness (QED) is 0.766. The molecular formula is C16H20N4O3. The number of nitrogens with one attached hydrogen (secondary N) is 2. The Labute approximate surface area is 135 Å². The van der Waals surface area contributed by atoms with Crippen molar-refractivity contribution in [1.29, 1.82) is 0 Å². The predicted octanol–water partition coefficient (Wildman–Crippen LogP) is 2.38. The van der Waals surface area contributed by atoms with Crippen molar-refractivity contribution in [3.8, 4) is 5.88 Å². The molecule has 7 heteroatoms. The summed E-state index contributed by atoms with van der Waals surface area (Å²) in [5.74, 6) is 0.358. The van der Waals surface area contributed by atoms with E-state index in [4.69, 9.17) is 9.47 Å². The fourth-order valence-corrected chi connectivity index (χ4v) is 1.91. The average Bonchev–Trinajstić information content (AvgIpc) is 2.57. The van der Waals surface area contributed by atoms with Crippen LogP contribution in [-0.4, -0.2) is 36.3 Å². The third-order valence-corrected chi connectivity index (χ3v) is 3.10. The molecule has 2 aromatic rings. The molecule has 1 atom stereocenters. The summed E-state index contributed by atoms with van der Waals surface area (Å²) in [6.07, 6.45) is 4.98. The number of carbonyl (C=O) groups excluding carboxylic acids is 1. The Morgan fingerprint density at radius 1 is 1.22 bits per heavy atom. The van der Waals surface area contributed by atoms with Crippen LogP contribution in [0.15, 0.2) is 42.9 Å². The van der Waals surface area contributed by atoms with Crippen LogP contribution in [0.25, 0.3) is 0 Å². The number of anilines is 1. The van der Waals surface area contributed by atoms with Gasteiger partial charge in [0.05, 0.1) is 12.6 Å². The van der Waals surface area contributed by atoms with Gasteiger partial charge in [-0.05, 0) is 36.8 Å². The fraction of sp³-hybridized carbons (Fsp3) is 0.312. The van der Waals surface area contributed by atoms with E-state index in [1.807, 2.05) is 19.1 Å². The molecule has 2 heterocycles. The van der Waals surface area contributed by atoms with Crippen LogP contribution in [0.1, 0.15) is 18.5 Å². The highest BCUT2D eigenvalue weighted by Gasteiger charge is 2.12. The molecular weight excluding hydrogens is 296 g/mol. The van der Waals surface area contributed by atoms with Gasteiger partial charge in [0.15, 0.2) is 0 Å². The van der Waals surface area contributed by atoms with Crippen molar-refractivity contribution in [1.82, 2.24) is 15.3 Å². The summed E-state index contributed by atoms with van der Waals surface area (Å²) >= 11 is 0. The van der Waals surface area contributed by atoms with E-state index in [0.29, 0.717) is 24.8 Å². The summed E-state index contributed by atoms with van der Waals surface area (Å²) in [7, 11) is 1.59. The van der Waals surface area contributed by atoms with E-state index in [1.54, 1.807) is 37.8 Å². The molecule has 0 bridgehead atoms.